The number of rotatable bonds is 0. The molecule has 1 aromatic rings. The summed E-state index contributed by atoms with van der Waals surface area (Å²) in [5, 5.41) is 0.294. The van der Waals surface area contributed by atoms with Gasteiger partial charge < -0.3 is 5.73 Å². The zero-order valence-corrected chi connectivity index (χ0v) is 7.58. The van der Waals surface area contributed by atoms with Crippen LogP contribution in [0.25, 0.3) is 0 Å². The molecule has 0 aliphatic rings. The minimum absolute atomic E-state index is 0.184. The predicted octanol–water partition coefficient (Wildman–Crippen LogP) is 2.84. The van der Waals surface area contributed by atoms with Crippen LogP contribution < -0.4 is 5.73 Å². The van der Waals surface area contributed by atoms with E-state index in [1.807, 2.05) is 5.92 Å². The molecule has 0 atom stereocenters. The number of anilines is 1. The van der Waals surface area contributed by atoms with Crippen molar-refractivity contribution in [2.75, 3.05) is 5.73 Å². The molecule has 0 heterocycles. The summed E-state index contributed by atoms with van der Waals surface area (Å²) in [5.74, 6) is 3.08. The molecular formula is C9H5ClF3N. The number of halogens is 4. The van der Waals surface area contributed by atoms with Gasteiger partial charge in [-0.2, -0.15) is 13.2 Å². The van der Waals surface area contributed by atoms with Crippen LogP contribution in [0.4, 0.5) is 18.9 Å². The zero-order valence-electron chi connectivity index (χ0n) is 6.82. The molecule has 0 bridgehead atoms. The highest BCUT2D eigenvalue weighted by Gasteiger charge is 2.22. The molecule has 0 unspecified atom stereocenters. The third kappa shape index (κ3) is 3.19. The second-order valence-corrected chi connectivity index (χ2v) is 2.89. The third-order valence-electron chi connectivity index (χ3n) is 1.34. The Morgan fingerprint density at radius 2 is 1.93 bits per heavy atom. The number of nitrogens with two attached hydrogens (primary N) is 1. The molecule has 0 fully saturated rings. The molecule has 5 heteroatoms. The quantitative estimate of drug-likeness (QED) is 0.527. The number of nitrogen functional groups attached to an aromatic ring is 1. The van der Waals surface area contributed by atoms with Crippen molar-refractivity contribution in [2.24, 2.45) is 0 Å². The van der Waals surface area contributed by atoms with E-state index in [1.165, 1.54) is 18.2 Å². The second-order valence-electron chi connectivity index (χ2n) is 2.48. The number of hydrogen-bond acceptors (Lipinski definition) is 1. The standard InChI is InChI=1S/C9H5ClF3N/c10-7-2-1-6(5-8(7)14)3-4-9(11,12)13/h1-2,5H,14H2. The number of hydrogen-bond donors (Lipinski definition) is 1. The molecule has 0 saturated heterocycles. The van der Waals surface area contributed by atoms with Crippen LogP contribution in [-0.4, -0.2) is 6.18 Å². The van der Waals surface area contributed by atoms with Gasteiger partial charge in [-0.05, 0) is 18.2 Å². The first kappa shape index (κ1) is 10.7. The van der Waals surface area contributed by atoms with Crippen molar-refractivity contribution in [1.82, 2.24) is 0 Å². The molecule has 0 amide bonds. The van der Waals surface area contributed by atoms with E-state index in [0.29, 0.717) is 5.02 Å². The predicted molar refractivity (Wildman–Crippen MR) is 48.8 cm³/mol. The lowest BCUT2D eigenvalue weighted by atomic mass is 10.2. The van der Waals surface area contributed by atoms with Crippen LogP contribution in [-0.2, 0) is 0 Å². The molecule has 0 aliphatic heterocycles. The smallest absolute Gasteiger partial charge is 0.397 e. The molecule has 14 heavy (non-hydrogen) atoms. The summed E-state index contributed by atoms with van der Waals surface area (Å²) in [4.78, 5) is 0. The van der Waals surface area contributed by atoms with Crippen LogP contribution in [0.5, 0.6) is 0 Å². The Balaban J connectivity index is 2.98. The summed E-state index contributed by atoms with van der Waals surface area (Å²) in [5.41, 5.74) is 5.77. The van der Waals surface area contributed by atoms with E-state index in [4.69, 9.17) is 17.3 Å². The van der Waals surface area contributed by atoms with E-state index in [1.54, 1.807) is 0 Å². The molecule has 1 nitrogen and oxygen atoms in total. The molecular weight excluding hydrogens is 215 g/mol. The van der Waals surface area contributed by atoms with Crippen LogP contribution in [0, 0.1) is 11.8 Å². The van der Waals surface area contributed by atoms with Gasteiger partial charge in [-0.3, -0.25) is 0 Å². The van der Waals surface area contributed by atoms with E-state index in [2.05, 4.69) is 0 Å². The van der Waals surface area contributed by atoms with Gasteiger partial charge in [-0.15, -0.1) is 0 Å². The maximum absolute atomic E-state index is 11.7. The molecule has 74 valence electrons. The van der Waals surface area contributed by atoms with Crippen LogP contribution in [0.3, 0.4) is 0 Å². The van der Waals surface area contributed by atoms with Gasteiger partial charge in [0.25, 0.3) is 0 Å². The zero-order chi connectivity index (χ0) is 10.8. The molecule has 0 radical (unpaired) electrons. The van der Waals surface area contributed by atoms with E-state index in [0.717, 1.165) is 5.92 Å². The highest BCUT2D eigenvalue weighted by molar-refractivity contribution is 6.33. The van der Waals surface area contributed by atoms with Crippen molar-refractivity contribution in [1.29, 1.82) is 0 Å². The van der Waals surface area contributed by atoms with E-state index in [9.17, 15) is 13.2 Å². The Hall–Kier alpha value is -1.34. The number of benzene rings is 1. The van der Waals surface area contributed by atoms with Crippen LogP contribution >= 0.6 is 11.6 Å². The van der Waals surface area contributed by atoms with Gasteiger partial charge in [0.15, 0.2) is 0 Å². The first-order valence-corrected chi connectivity index (χ1v) is 3.91. The van der Waals surface area contributed by atoms with Crippen molar-refractivity contribution in [3.8, 4) is 11.8 Å². The normalized spacial score (nSPS) is 10.6. The van der Waals surface area contributed by atoms with Crippen molar-refractivity contribution in [3.05, 3.63) is 28.8 Å². The van der Waals surface area contributed by atoms with Crippen LogP contribution in [0.15, 0.2) is 18.2 Å². The molecule has 0 aromatic heterocycles. The van der Waals surface area contributed by atoms with Gasteiger partial charge in [0, 0.05) is 11.5 Å². The van der Waals surface area contributed by atoms with E-state index >= 15 is 0 Å². The fourth-order valence-corrected chi connectivity index (χ4v) is 0.882. The lowest BCUT2D eigenvalue weighted by molar-refractivity contribution is -0.0696. The van der Waals surface area contributed by atoms with Gasteiger partial charge in [-0.1, -0.05) is 17.5 Å². The Morgan fingerprint density at radius 1 is 1.29 bits per heavy atom. The molecule has 0 aliphatic carbocycles. The fraction of sp³-hybridized carbons (Fsp3) is 0.111. The number of alkyl halides is 3. The van der Waals surface area contributed by atoms with Gasteiger partial charge in [0.2, 0.25) is 0 Å². The Kier molecular flexibility index (Phi) is 2.92. The van der Waals surface area contributed by atoms with Crippen molar-refractivity contribution < 1.29 is 13.2 Å². The van der Waals surface area contributed by atoms with Crippen molar-refractivity contribution in [3.63, 3.8) is 0 Å². The largest absolute Gasteiger partial charge is 0.458 e. The van der Waals surface area contributed by atoms with E-state index in [-0.39, 0.29) is 11.3 Å². The summed E-state index contributed by atoms with van der Waals surface area (Å²) in [6, 6.07) is 4.07. The lowest BCUT2D eigenvalue weighted by Crippen LogP contribution is -2.01. The minimum Gasteiger partial charge on any atom is -0.397 e. The summed E-state index contributed by atoms with van der Waals surface area (Å²) < 4.78 is 35.1. The SMILES string of the molecule is Nc1cc(C#CC(F)(F)F)ccc1Cl. The van der Waals surface area contributed by atoms with Gasteiger partial charge >= 0.3 is 6.18 Å². The highest BCUT2D eigenvalue weighted by atomic mass is 35.5. The van der Waals surface area contributed by atoms with Crippen molar-refractivity contribution in [2.45, 2.75) is 6.18 Å². The molecule has 1 aromatic carbocycles. The lowest BCUT2D eigenvalue weighted by Gasteiger charge is -1.97. The van der Waals surface area contributed by atoms with Crippen molar-refractivity contribution >= 4 is 17.3 Å². The molecule has 0 spiro atoms. The summed E-state index contributed by atoms with van der Waals surface area (Å²) in [6.45, 7) is 0. The summed E-state index contributed by atoms with van der Waals surface area (Å²) in [7, 11) is 0. The summed E-state index contributed by atoms with van der Waals surface area (Å²) >= 11 is 5.58. The molecule has 1 rings (SSSR count). The average molecular weight is 220 g/mol. The van der Waals surface area contributed by atoms with Crippen LogP contribution in [0.1, 0.15) is 5.56 Å². The third-order valence-corrected chi connectivity index (χ3v) is 1.69. The first-order valence-electron chi connectivity index (χ1n) is 3.53. The maximum Gasteiger partial charge on any atom is 0.458 e. The van der Waals surface area contributed by atoms with E-state index < -0.39 is 6.18 Å². The second kappa shape index (κ2) is 3.81. The Morgan fingerprint density at radius 3 is 2.43 bits per heavy atom. The Labute approximate surface area is 83.7 Å². The highest BCUT2D eigenvalue weighted by Crippen LogP contribution is 2.19. The van der Waals surface area contributed by atoms with Crippen LogP contribution in [0.2, 0.25) is 5.02 Å². The van der Waals surface area contributed by atoms with Gasteiger partial charge in [0.1, 0.15) is 0 Å². The fourth-order valence-electron chi connectivity index (χ4n) is 0.765. The maximum atomic E-state index is 11.7. The topological polar surface area (TPSA) is 26.0 Å². The molecule has 0 saturated carbocycles. The average Bonchev–Trinajstić information content (AvgIpc) is 2.06. The monoisotopic (exact) mass is 219 g/mol. The minimum atomic E-state index is -4.49. The molecule has 2 N–H and O–H groups in total. The Bertz CT molecular complexity index is 401. The summed E-state index contributed by atoms with van der Waals surface area (Å²) in [6.07, 6.45) is -4.49. The first-order chi connectivity index (χ1) is 6.38. The van der Waals surface area contributed by atoms with Gasteiger partial charge in [0.05, 0.1) is 10.7 Å². The van der Waals surface area contributed by atoms with Gasteiger partial charge in [-0.25, -0.2) is 0 Å².